The minimum absolute atomic E-state index is 0.0259. The number of β-lactam (4-membered cyclic amide) rings is 1. The van der Waals surface area contributed by atoms with Gasteiger partial charge in [-0.25, -0.2) is 0 Å². The molecule has 1 rings (SSSR count). The number of hydrogen-bond acceptors (Lipinski definition) is 2. The normalized spacial score (nSPS) is 27.2. The molecule has 1 heterocycles. The fourth-order valence-electron chi connectivity index (χ4n) is 2.24. The van der Waals surface area contributed by atoms with Gasteiger partial charge in [-0.15, -0.1) is 6.58 Å². The van der Waals surface area contributed by atoms with Gasteiger partial charge in [0.1, 0.15) is 0 Å². The van der Waals surface area contributed by atoms with Crippen molar-refractivity contribution < 1.29 is 9.22 Å². The average molecular weight is 283 g/mol. The highest BCUT2D eigenvalue weighted by molar-refractivity contribution is 6.74. The molecule has 0 bridgehead atoms. The zero-order valence-electron chi connectivity index (χ0n) is 13.4. The molecule has 4 atom stereocenters. The summed E-state index contributed by atoms with van der Waals surface area (Å²) in [6, 6.07) is 0.171. The molecular formula is C15H29NO2Si. The van der Waals surface area contributed by atoms with E-state index in [1.807, 2.05) is 13.0 Å². The molecule has 1 saturated heterocycles. The molecule has 0 aromatic rings. The lowest BCUT2D eigenvalue weighted by Crippen LogP contribution is -2.65. The fraction of sp³-hybridized carbons (Fsp3) is 0.800. The van der Waals surface area contributed by atoms with Crippen LogP contribution in [0.1, 0.15) is 34.6 Å². The van der Waals surface area contributed by atoms with Gasteiger partial charge in [0.25, 0.3) is 0 Å². The van der Waals surface area contributed by atoms with Crippen LogP contribution in [0.3, 0.4) is 0 Å². The van der Waals surface area contributed by atoms with Crippen molar-refractivity contribution in [1.29, 1.82) is 0 Å². The number of carbonyl (C=O) groups is 1. The van der Waals surface area contributed by atoms with E-state index in [0.717, 1.165) is 0 Å². The Hall–Kier alpha value is -0.613. The van der Waals surface area contributed by atoms with Crippen molar-refractivity contribution in [3.05, 3.63) is 12.7 Å². The molecule has 1 fully saturated rings. The van der Waals surface area contributed by atoms with Gasteiger partial charge in [-0.1, -0.05) is 33.8 Å². The van der Waals surface area contributed by atoms with Crippen LogP contribution in [-0.2, 0) is 9.22 Å². The zero-order valence-corrected chi connectivity index (χ0v) is 14.4. The summed E-state index contributed by atoms with van der Waals surface area (Å²) in [4.78, 5) is 11.8. The van der Waals surface area contributed by atoms with Crippen LogP contribution in [0.4, 0.5) is 0 Å². The van der Waals surface area contributed by atoms with E-state index in [-0.39, 0.29) is 34.9 Å². The lowest BCUT2D eigenvalue weighted by Gasteiger charge is -2.46. The molecule has 4 heteroatoms. The van der Waals surface area contributed by atoms with E-state index in [9.17, 15) is 4.79 Å². The Labute approximate surface area is 118 Å². The van der Waals surface area contributed by atoms with Gasteiger partial charge in [-0.3, -0.25) is 4.79 Å². The maximum atomic E-state index is 11.8. The lowest BCUT2D eigenvalue weighted by molar-refractivity contribution is -0.141. The predicted molar refractivity (Wildman–Crippen MR) is 82.5 cm³/mol. The molecular weight excluding hydrogens is 254 g/mol. The molecule has 110 valence electrons. The number of nitrogens with one attached hydrogen (secondary N) is 1. The summed E-state index contributed by atoms with van der Waals surface area (Å²) in [6.07, 6.45) is 1.87. The van der Waals surface area contributed by atoms with Crippen molar-refractivity contribution in [2.75, 3.05) is 0 Å². The summed E-state index contributed by atoms with van der Waals surface area (Å²) in [5.74, 6) is 0.361. The van der Waals surface area contributed by atoms with Crippen LogP contribution in [0, 0.1) is 11.8 Å². The highest BCUT2D eigenvalue weighted by Gasteiger charge is 2.48. The van der Waals surface area contributed by atoms with E-state index in [1.165, 1.54) is 0 Å². The average Bonchev–Trinajstić information content (AvgIpc) is 2.22. The Morgan fingerprint density at radius 1 is 1.37 bits per heavy atom. The van der Waals surface area contributed by atoms with Crippen LogP contribution in [0.2, 0.25) is 18.1 Å². The molecule has 2 unspecified atom stereocenters. The number of carbonyl (C=O) groups excluding carboxylic acids is 1. The summed E-state index contributed by atoms with van der Waals surface area (Å²) in [5.41, 5.74) is 0. The predicted octanol–water partition coefficient (Wildman–Crippen LogP) is 3.33. The lowest BCUT2D eigenvalue weighted by atomic mass is 9.79. The van der Waals surface area contributed by atoms with Crippen molar-refractivity contribution in [3.8, 4) is 0 Å². The van der Waals surface area contributed by atoms with E-state index < -0.39 is 8.32 Å². The molecule has 0 spiro atoms. The quantitative estimate of drug-likeness (QED) is 0.477. The van der Waals surface area contributed by atoms with Gasteiger partial charge in [-0.2, -0.15) is 0 Å². The van der Waals surface area contributed by atoms with E-state index in [1.54, 1.807) is 0 Å². The molecule has 0 aromatic heterocycles. The largest absolute Gasteiger partial charge is 0.413 e. The molecule has 19 heavy (non-hydrogen) atoms. The van der Waals surface area contributed by atoms with Gasteiger partial charge < -0.3 is 9.74 Å². The first-order valence-corrected chi connectivity index (χ1v) is 10.0. The third-order valence-corrected chi connectivity index (χ3v) is 9.30. The molecule has 0 saturated carbocycles. The van der Waals surface area contributed by atoms with Crippen LogP contribution in [-0.4, -0.2) is 26.4 Å². The van der Waals surface area contributed by atoms with Gasteiger partial charge in [0.05, 0.1) is 12.0 Å². The van der Waals surface area contributed by atoms with Crippen molar-refractivity contribution in [2.45, 2.75) is 64.9 Å². The number of rotatable bonds is 5. The van der Waals surface area contributed by atoms with Crippen LogP contribution in [0.15, 0.2) is 12.7 Å². The zero-order chi connectivity index (χ0) is 15.0. The van der Waals surface area contributed by atoms with Gasteiger partial charge in [-0.05, 0) is 31.0 Å². The standard InChI is InChI=1S/C15H29NO2Si/c1-9-10(2)13-12(14(17)16-13)11(3)18-19(7,8)15(4,5)6/h9-13H,1H2,2-8H3,(H,16,17)/t10-,11-,12?,13?/m1/s1. The SMILES string of the molecule is C=C[C@@H](C)C1NC(=O)C1[C@@H](C)O[Si](C)(C)C(C)(C)C. The first-order chi connectivity index (χ1) is 8.51. The second-order valence-electron chi connectivity index (χ2n) is 7.24. The molecule has 1 aliphatic heterocycles. The third kappa shape index (κ3) is 3.29. The Morgan fingerprint density at radius 2 is 1.89 bits per heavy atom. The summed E-state index contributed by atoms with van der Waals surface area (Å²) in [5, 5.41) is 3.14. The van der Waals surface area contributed by atoms with E-state index in [0.29, 0.717) is 0 Å². The van der Waals surface area contributed by atoms with Crippen molar-refractivity contribution in [1.82, 2.24) is 5.32 Å². The van der Waals surface area contributed by atoms with E-state index in [2.05, 4.69) is 52.7 Å². The molecule has 0 radical (unpaired) electrons. The second kappa shape index (κ2) is 5.41. The molecule has 0 aliphatic carbocycles. The minimum Gasteiger partial charge on any atom is -0.413 e. The van der Waals surface area contributed by atoms with Gasteiger partial charge >= 0.3 is 0 Å². The minimum atomic E-state index is -1.82. The van der Waals surface area contributed by atoms with Crippen molar-refractivity contribution >= 4 is 14.2 Å². The van der Waals surface area contributed by atoms with Crippen molar-refractivity contribution in [2.24, 2.45) is 11.8 Å². The second-order valence-corrected chi connectivity index (χ2v) is 12.0. The van der Waals surface area contributed by atoms with Crippen LogP contribution in [0.5, 0.6) is 0 Å². The van der Waals surface area contributed by atoms with Crippen molar-refractivity contribution in [3.63, 3.8) is 0 Å². The summed E-state index contributed by atoms with van der Waals surface area (Å²) < 4.78 is 6.35. The maximum Gasteiger partial charge on any atom is 0.228 e. The monoisotopic (exact) mass is 283 g/mol. The Morgan fingerprint density at radius 3 is 2.26 bits per heavy atom. The molecule has 0 aromatic carbocycles. The van der Waals surface area contributed by atoms with Crippen LogP contribution < -0.4 is 5.32 Å². The Balaban J connectivity index is 2.75. The van der Waals surface area contributed by atoms with Gasteiger partial charge in [0.2, 0.25) is 5.91 Å². The van der Waals surface area contributed by atoms with E-state index in [4.69, 9.17) is 4.43 Å². The molecule has 3 nitrogen and oxygen atoms in total. The van der Waals surface area contributed by atoms with Crippen LogP contribution in [0.25, 0.3) is 0 Å². The molecule has 1 N–H and O–H groups in total. The maximum absolute atomic E-state index is 11.8. The van der Waals surface area contributed by atoms with E-state index >= 15 is 0 Å². The summed E-state index contributed by atoms with van der Waals surface area (Å²) in [7, 11) is -1.82. The van der Waals surface area contributed by atoms with Crippen LogP contribution >= 0.6 is 0 Å². The topological polar surface area (TPSA) is 38.3 Å². The Kier molecular flexibility index (Phi) is 4.68. The molecule has 1 amide bonds. The Bertz CT molecular complexity index is 360. The summed E-state index contributed by atoms with van der Waals surface area (Å²) >= 11 is 0. The number of amides is 1. The molecule has 1 aliphatic rings. The van der Waals surface area contributed by atoms with Gasteiger partial charge in [0, 0.05) is 6.04 Å². The highest BCUT2D eigenvalue weighted by atomic mass is 28.4. The first kappa shape index (κ1) is 16.4. The first-order valence-electron chi connectivity index (χ1n) is 7.12. The van der Waals surface area contributed by atoms with Gasteiger partial charge in [0.15, 0.2) is 8.32 Å². The fourth-order valence-corrected chi connectivity index (χ4v) is 3.67. The smallest absolute Gasteiger partial charge is 0.228 e. The highest BCUT2D eigenvalue weighted by Crippen LogP contribution is 2.39. The number of hydrogen-bond donors (Lipinski definition) is 1. The third-order valence-electron chi connectivity index (χ3n) is 4.73. The summed E-state index contributed by atoms with van der Waals surface area (Å²) in [6.45, 7) is 19.0.